The largest absolute Gasteiger partial charge is 0.490 e. The molecule has 1 N–H and O–H groups in total. The minimum absolute atomic E-state index is 0.218. The Kier molecular flexibility index (Phi) is 9.30. The van der Waals surface area contributed by atoms with Crippen LogP contribution in [0.4, 0.5) is 5.82 Å². The molecule has 1 atom stereocenters. The summed E-state index contributed by atoms with van der Waals surface area (Å²) in [6, 6.07) is 10.2. The number of piperidine rings is 1. The van der Waals surface area contributed by atoms with Gasteiger partial charge in [0.2, 0.25) is 11.8 Å². The van der Waals surface area contributed by atoms with Gasteiger partial charge in [-0.25, -0.2) is 4.98 Å². The number of carbonyl (C=O) groups excluding carboxylic acids is 2. The molecule has 3 fully saturated rings. The second-order valence-corrected chi connectivity index (χ2v) is 12.8. The lowest BCUT2D eigenvalue weighted by Gasteiger charge is -2.35. The molecule has 2 amide bonds. The second-order valence-electron chi connectivity index (χ2n) is 12.0. The summed E-state index contributed by atoms with van der Waals surface area (Å²) in [5, 5.41) is 7.94. The first-order valence-corrected chi connectivity index (χ1v) is 16.3. The molecule has 1 unspecified atom stereocenters. The quantitative estimate of drug-likeness (QED) is 0.267. The minimum Gasteiger partial charge on any atom is -0.490 e. The van der Waals surface area contributed by atoms with Gasteiger partial charge in [0.15, 0.2) is 5.65 Å². The number of fused-ring (bicyclic) bond motifs is 1. The number of nitrogens with zero attached hydrogens (tertiary/aromatic N) is 5. The molecule has 2 aromatic heterocycles. The van der Waals surface area contributed by atoms with E-state index in [1.807, 2.05) is 25.2 Å². The van der Waals surface area contributed by atoms with Crippen molar-refractivity contribution in [1.29, 1.82) is 0 Å². The molecule has 0 bridgehead atoms. The summed E-state index contributed by atoms with van der Waals surface area (Å²) in [5.41, 5.74) is 2.62. The van der Waals surface area contributed by atoms with Crippen molar-refractivity contribution in [3.8, 4) is 5.75 Å². The Hall–Kier alpha value is -3.02. The predicted octanol–water partition coefficient (Wildman–Crippen LogP) is 4.48. The maximum Gasteiger partial charge on any atom is 0.235 e. The standard InChI is InChI=1S/C32H41BrN6O4/c1-21-26(33)5-3-6-27(21)43-23-9-7-22(8-10-23)42-20-4-15-38-16-18-39(19-17-38)28-13-11-24-30(36-37(2)31(24)34-28)25-12-14-29(40)35-32(25)41/h3,5-6,11,13,22-23,25H,4,7-10,12,14-20H2,1-2H3,(H,35,40,41). The van der Waals surface area contributed by atoms with E-state index < -0.39 is 5.92 Å². The van der Waals surface area contributed by atoms with Gasteiger partial charge < -0.3 is 14.4 Å². The highest BCUT2D eigenvalue weighted by Gasteiger charge is 2.32. The maximum absolute atomic E-state index is 12.4. The van der Waals surface area contributed by atoms with Crippen LogP contribution in [0.1, 0.15) is 62.1 Å². The molecule has 6 rings (SSSR count). The van der Waals surface area contributed by atoms with Gasteiger partial charge in [0.1, 0.15) is 11.6 Å². The number of amides is 2. The topological polar surface area (TPSA) is 102 Å². The SMILES string of the molecule is Cc1c(Br)cccc1OC1CCC(OCCCN2CCN(c3ccc4c(C5CCC(=O)NC5=O)nn(C)c4n3)CC2)CC1. The van der Waals surface area contributed by atoms with E-state index in [9.17, 15) is 9.59 Å². The number of carbonyl (C=O) groups is 2. The molecule has 0 radical (unpaired) electrons. The number of hydrogen-bond acceptors (Lipinski definition) is 8. The van der Waals surface area contributed by atoms with Crippen molar-refractivity contribution in [2.24, 2.45) is 7.05 Å². The molecule has 1 aromatic carbocycles. The number of piperazine rings is 1. The van der Waals surface area contributed by atoms with Crippen LogP contribution in [0, 0.1) is 6.92 Å². The van der Waals surface area contributed by atoms with Crippen LogP contribution >= 0.6 is 15.9 Å². The van der Waals surface area contributed by atoms with E-state index in [-0.39, 0.29) is 17.9 Å². The van der Waals surface area contributed by atoms with Crippen LogP contribution in [0.2, 0.25) is 0 Å². The van der Waals surface area contributed by atoms with E-state index in [2.05, 4.69) is 55.2 Å². The zero-order valence-corrected chi connectivity index (χ0v) is 26.6. The van der Waals surface area contributed by atoms with E-state index in [0.29, 0.717) is 24.6 Å². The van der Waals surface area contributed by atoms with Crippen molar-refractivity contribution in [1.82, 2.24) is 25.0 Å². The molecular formula is C32H41BrN6O4. The lowest BCUT2D eigenvalue weighted by molar-refractivity contribution is -0.134. The van der Waals surface area contributed by atoms with Crippen LogP contribution in [0.3, 0.4) is 0 Å². The predicted molar refractivity (Wildman–Crippen MR) is 168 cm³/mol. The van der Waals surface area contributed by atoms with Gasteiger partial charge in [-0.3, -0.25) is 24.5 Å². The fourth-order valence-electron chi connectivity index (χ4n) is 6.49. The van der Waals surface area contributed by atoms with Crippen molar-refractivity contribution in [3.05, 3.63) is 46.1 Å². The second kappa shape index (κ2) is 13.3. The zero-order chi connectivity index (χ0) is 29.9. The number of pyridine rings is 1. The van der Waals surface area contributed by atoms with Crippen LogP contribution < -0.4 is 15.0 Å². The van der Waals surface area contributed by atoms with Crippen molar-refractivity contribution in [2.45, 2.75) is 70.0 Å². The van der Waals surface area contributed by atoms with Gasteiger partial charge in [0, 0.05) is 68.2 Å². The highest BCUT2D eigenvalue weighted by molar-refractivity contribution is 9.10. The van der Waals surface area contributed by atoms with Gasteiger partial charge in [-0.15, -0.1) is 0 Å². The number of imide groups is 1. The number of nitrogens with one attached hydrogen (secondary N) is 1. The Morgan fingerprint density at radius 1 is 1.00 bits per heavy atom. The van der Waals surface area contributed by atoms with Crippen LogP contribution in [0.25, 0.3) is 11.0 Å². The van der Waals surface area contributed by atoms with Gasteiger partial charge in [0.05, 0.1) is 23.8 Å². The monoisotopic (exact) mass is 652 g/mol. The third-order valence-electron chi connectivity index (χ3n) is 9.07. The smallest absolute Gasteiger partial charge is 0.235 e. The molecular weight excluding hydrogens is 612 g/mol. The minimum atomic E-state index is -0.419. The van der Waals surface area contributed by atoms with E-state index in [1.165, 1.54) is 0 Å². The number of aryl methyl sites for hydroxylation is 1. The fourth-order valence-corrected chi connectivity index (χ4v) is 6.83. The Labute approximate surface area is 261 Å². The summed E-state index contributed by atoms with van der Waals surface area (Å²) in [6.07, 6.45) is 6.64. The van der Waals surface area contributed by atoms with Crippen molar-refractivity contribution >= 4 is 44.6 Å². The molecule has 1 aliphatic carbocycles. The first-order chi connectivity index (χ1) is 20.9. The number of anilines is 1. The van der Waals surface area contributed by atoms with Crippen LogP contribution in [0.5, 0.6) is 5.75 Å². The Bertz CT molecular complexity index is 1460. The Morgan fingerprint density at radius 3 is 2.53 bits per heavy atom. The molecule has 3 aromatic rings. The zero-order valence-electron chi connectivity index (χ0n) is 25.1. The van der Waals surface area contributed by atoms with E-state index in [1.54, 1.807) is 4.68 Å². The molecule has 11 heteroatoms. The van der Waals surface area contributed by atoms with Gasteiger partial charge in [-0.2, -0.15) is 5.10 Å². The average Bonchev–Trinajstić information content (AvgIpc) is 3.34. The van der Waals surface area contributed by atoms with Gasteiger partial charge in [0.25, 0.3) is 0 Å². The number of benzene rings is 1. The van der Waals surface area contributed by atoms with E-state index in [0.717, 1.165) is 104 Å². The number of hydrogen-bond donors (Lipinski definition) is 1. The molecule has 3 aliphatic rings. The molecule has 1 saturated carbocycles. The summed E-state index contributed by atoms with van der Waals surface area (Å²) in [6.45, 7) is 7.74. The first kappa shape index (κ1) is 30.0. The van der Waals surface area contributed by atoms with Crippen LogP contribution in [-0.4, -0.2) is 83.0 Å². The molecule has 4 heterocycles. The van der Waals surface area contributed by atoms with Crippen molar-refractivity contribution in [2.75, 3.05) is 44.2 Å². The molecule has 43 heavy (non-hydrogen) atoms. The average molecular weight is 654 g/mol. The highest BCUT2D eigenvalue weighted by atomic mass is 79.9. The summed E-state index contributed by atoms with van der Waals surface area (Å²) < 4.78 is 15.4. The molecule has 230 valence electrons. The normalized spacial score (nSPS) is 23.5. The summed E-state index contributed by atoms with van der Waals surface area (Å²) in [4.78, 5) is 33.8. The molecule has 2 saturated heterocycles. The molecule has 0 spiro atoms. The summed E-state index contributed by atoms with van der Waals surface area (Å²) in [5.74, 6) is 1.00. The fraction of sp³-hybridized carbons (Fsp3) is 0.562. The number of aromatic nitrogens is 3. The maximum atomic E-state index is 12.4. The number of ether oxygens (including phenoxy) is 2. The number of halogens is 1. The van der Waals surface area contributed by atoms with Crippen LogP contribution in [-0.2, 0) is 21.4 Å². The number of rotatable bonds is 9. The molecule has 10 nitrogen and oxygen atoms in total. The van der Waals surface area contributed by atoms with Gasteiger partial charge in [-0.05, 0) is 69.7 Å². The Morgan fingerprint density at radius 2 is 1.77 bits per heavy atom. The highest BCUT2D eigenvalue weighted by Crippen LogP contribution is 2.32. The molecule has 2 aliphatic heterocycles. The Balaban J connectivity index is 0.918. The lowest BCUT2D eigenvalue weighted by atomic mass is 9.93. The van der Waals surface area contributed by atoms with Gasteiger partial charge >= 0.3 is 0 Å². The summed E-state index contributed by atoms with van der Waals surface area (Å²) in [7, 11) is 1.86. The van der Waals surface area contributed by atoms with Crippen LogP contribution in [0.15, 0.2) is 34.8 Å². The van der Waals surface area contributed by atoms with Gasteiger partial charge in [-0.1, -0.05) is 22.0 Å². The van der Waals surface area contributed by atoms with Crippen molar-refractivity contribution in [3.63, 3.8) is 0 Å². The van der Waals surface area contributed by atoms with E-state index >= 15 is 0 Å². The third-order valence-corrected chi connectivity index (χ3v) is 9.93. The third kappa shape index (κ3) is 6.89. The lowest BCUT2D eigenvalue weighted by Crippen LogP contribution is -2.47. The van der Waals surface area contributed by atoms with E-state index in [4.69, 9.17) is 14.5 Å². The first-order valence-electron chi connectivity index (χ1n) is 15.5. The summed E-state index contributed by atoms with van der Waals surface area (Å²) >= 11 is 3.59. The van der Waals surface area contributed by atoms with Crippen molar-refractivity contribution < 1.29 is 19.1 Å².